The van der Waals surface area contributed by atoms with Crippen LogP contribution >= 0.6 is 11.6 Å². The zero-order chi connectivity index (χ0) is 19.8. The molecule has 2 heterocycles. The Hall–Kier alpha value is -2.20. The number of halogens is 1. The van der Waals surface area contributed by atoms with E-state index in [9.17, 15) is 14.7 Å². The first-order chi connectivity index (χ1) is 12.9. The topological polar surface area (TPSA) is 118 Å². The molecule has 1 aromatic rings. The van der Waals surface area contributed by atoms with Crippen molar-refractivity contribution in [1.82, 2.24) is 15.0 Å². The van der Waals surface area contributed by atoms with Crippen LogP contribution in [0.1, 0.15) is 26.7 Å². The number of rotatable bonds is 8. The fraction of sp³-hybridized carbons (Fsp3) is 0.688. The predicted molar refractivity (Wildman–Crippen MR) is 97.8 cm³/mol. The van der Waals surface area contributed by atoms with Crippen LogP contribution in [-0.4, -0.2) is 77.5 Å². The minimum Gasteiger partial charge on any atom is -0.465 e. The summed E-state index contributed by atoms with van der Waals surface area (Å²) in [6, 6.07) is 0. The molecule has 27 heavy (non-hydrogen) atoms. The van der Waals surface area contributed by atoms with Gasteiger partial charge in [0.05, 0.1) is 19.3 Å². The number of ether oxygens (including phenoxy) is 2. The Morgan fingerprint density at radius 3 is 2.19 bits per heavy atom. The molecule has 0 bridgehead atoms. The molecule has 1 aliphatic rings. The van der Waals surface area contributed by atoms with E-state index in [-0.39, 0.29) is 43.6 Å². The quantitative estimate of drug-likeness (QED) is 0.614. The molecule has 0 spiro atoms. The summed E-state index contributed by atoms with van der Waals surface area (Å²) >= 11 is 6.04. The lowest BCUT2D eigenvalue weighted by molar-refractivity contribution is -0.142. The van der Waals surface area contributed by atoms with Crippen LogP contribution < -0.4 is 9.80 Å². The number of aliphatic hydroxyl groups excluding tert-OH is 1. The molecule has 0 unspecified atom stereocenters. The van der Waals surface area contributed by atoms with Gasteiger partial charge in [-0.2, -0.15) is 15.0 Å². The second-order valence-corrected chi connectivity index (χ2v) is 6.23. The zero-order valence-electron chi connectivity index (χ0n) is 15.4. The summed E-state index contributed by atoms with van der Waals surface area (Å²) in [6.07, 6.45) is 0.837. The number of carbonyl (C=O) groups is 2. The first kappa shape index (κ1) is 21.1. The van der Waals surface area contributed by atoms with Crippen molar-refractivity contribution in [3.63, 3.8) is 0 Å². The smallest absolute Gasteiger partial charge is 0.325 e. The lowest BCUT2D eigenvalue weighted by Gasteiger charge is -2.30. The van der Waals surface area contributed by atoms with Crippen LogP contribution in [0, 0.1) is 0 Å². The fourth-order valence-corrected chi connectivity index (χ4v) is 2.75. The van der Waals surface area contributed by atoms with Crippen molar-refractivity contribution < 1.29 is 24.2 Å². The van der Waals surface area contributed by atoms with Crippen LogP contribution in [0.3, 0.4) is 0 Å². The lowest BCUT2D eigenvalue weighted by atomic mass is 10.1. The minimum atomic E-state index is -0.527. The third-order valence-corrected chi connectivity index (χ3v) is 4.03. The van der Waals surface area contributed by atoms with Crippen molar-refractivity contribution in [3.05, 3.63) is 5.28 Å². The van der Waals surface area contributed by atoms with Gasteiger partial charge in [-0.05, 0) is 38.3 Å². The van der Waals surface area contributed by atoms with Gasteiger partial charge in [0.15, 0.2) is 0 Å². The van der Waals surface area contributed by atoms with Crippen LogP contribution in [0.15, 0.2) is 0 Å². The van der Waals surface area contributed by atoms with Crippen LogP contribution in [0.5, 0.6) is 0 Å². The van der Waals surface area contributed by atoms with Crippen LogP contribution in [-0.2, 0) is 19.1 Å². The van der Waals surface area contributed by atoms with Gasteiger partial charge in [0.25, 0.3) is 0 Å². The van der Waals surface area contributed by atoms with Crippen LogP contribution in [0.4, 0.5) is 11.9 Å². The molecule has 0 saturated carbocycles. The van der Waals surface area contributed by atoms with Gasteiger partial charge >= 0.3 is 11.9 Å². The Bertz CT molecular complexity index is 634. The van der Waals surface area contributed by atoms with E-state index < -0.39 is 11.9 Å². The number of anilines is 2. The number of aliphatic hydroxyl groups is 1. The summed E-state index contributed by atoms with van der Waals surface area (Å²) in [6.45, 7) is 4.48. The Morgan fingerprint density at radius 1 is 1.11 bits per heavy atom. The second kappa shape index (κ2) is 10.2. The van der Waals surface area contributed by atoms with E-state index in [4.69, 9.17) is 21.1 Å². The van der Waals surface area contributed by atoms with Crippen molar-refractivity contribution in [2.24, 2.45) is 0 Å². The molecule has 0 aromatic carbocycles. The molecule has 0 amide bonds. The molecule has 11 heteroatoms. The van der Waals surface area contributed by atoms with Gasteiger partial charge in [-0.15, -0.1) is 0 Å². The molecule has 10 nitrogen and oxygen atoms in total. The molecule has 1 saturated heterocycles. The normalized spacial score (nSPS) is 14.7. The molecule has 1 aromatic heterocycles. The van der Waals surface area contributed by atoms with Crippen molar-refractivity contribution >= 4 is 35.4 Å². The molecule has 0 radical (unpaired) electrons. The molecule has 1 N–H and O–H groups in total. The van der Waals surface area contributed by atoms with E-state index in [1.54, 1.807) is 13.8 Å². The Morgan fingerprint density at radius 2 is 1.67 bits per heavy atom. The van der Waals surface area contributed by atoms with Crippen molar-refractivity contribution in [1.29, 1.82) is 0 Å². The van der Waals surface area contributed by atoms with Gasteiger partial charge < -0.3 is 24.4 Å². The van der Waals surface area contributed by atoms with E-state index >= 15 is 0 Å². The average Bonchev–Trinajstić information content (AvgIpc) is 2.61. The highest BCUT2D eigenvalue weighted by molar-refractivity contribution is 6.28. The van der Waals surface area contributed by atoms with E-state index in [1.807, 2.05) is 4.90 Å². The molecule has 150 valence electrons. The maximum atomic E-state index is 11.9. The third kappa shape index (κ3) is 6.47. The van der Waals surface area contributed by atoms with Crippen LogP contribution in [0.25, 0.3) is 0 Å². The molecular weight excluding hydrogens is 378 g/mol. The monoisotopic (exact) mass is 401 g/mol. The first-order valence-corrected chi connectivity index (χ1v) is 9.21. The van der Waals surface area contributed by atoms with E-state index in [0.29, 0.717) is 31.9 Å². The third-order valence-electron chi connectivity index (χ3n) is 3.87. The zero-order valence-corrected chi connectivity index (χ0v) is 16.2. The van der Waals surface area contributed by atoms with Gasteiger partial charge in [-0.3, -0.25) is 9.59 Å². The standard InChI is InChI=1S/C16H24ClN5O5/c1-3-26-12(24)9-22(10-13(25)27-4-2)16-19-14(17)18-15(20-16)21-7-5-11(23)6-8-21/h11,23H,3-10H2,1-2H3. The maximum Gasteiger partial charge on any atom is 0.325 e. The number of hydrogen-bond donors (Lipinski definition) is 1. The number of hydrogen-bond acceptors (Lipinski definition) is 10. The summed E-state index contributed by atoms with van der Waals surface area (Å²) in [5, 5.41) is 9.60. The van der Waals surface area contributed by atoms with Gasteiger partial charge in [0.2, 0.25) is 17.2 Å². The molecule has 0 aliphatic carbocycles. The number of nitrogens with zero attached hydrogens (tertiary/aromatic N) is 5. The molecule has 0 atom stereocenters. The largest absolute Gasteiger partial charge is 0.465 e. The Labute approximate surface area is 162 Å². The summed E-state index contributed by atoms with van der Waals surface area (Å²) in [5.74, 6) is -0.645. The minimum absolute atomic E-state index is 0.0566. The van der Waals surface area contributed by atoms with Gasteiger partial charge in [0, 0.05) is 13.1 Å². The second-order valence-electron chi connectivity index (χ2n) is 5.89. The Kier molecular flexibility index (Phi) is 7.99. The predicted octanol–water partition coefficient (Wildman–Crippen LogP) is 0.419. The van der Waals surface area contributed by atoms with Gasteiger partial charge in [-0.1, -0.05) is 0 Å². The number of esters is 2. The van der Waals surface area contributed by atoms with E-state index in [2.05, 4.69) is 15.0 Å². The number of aromatic nitrogens is 3. The summed E-state index contributed by atoms with van der Waals surface area (Å²) < 4.78 is 9.90. The van der Waals surface area contributed by atoms with E-state index in [1.165, 1.54) is 4.90 Å². The molecule has 1 fully saturated rings. The van der Waals surface area contributed by atoms with Crippen molar-refractivity contribution in [3.8, 4) is 0 Å². The first-order valence-electron chi connectivity index (χ1n) is 8.83. The number of piperidine rings is 1. The average molecular weight is 402 g/mol. The highest BCUT2D eigenvalue weighted by Crippen LogP contribution is 2.20. The van der Waals surface area contributed by atoms with Crippen LogP contribution in [0.2, 0.25) is 5.28 Å². The SMILES string of the molecule is CCOC(=O)CN(CC(=O)OCC)c1nc(Cl)nc(N2CCC(O)CC2)n1. The van der Waals surface area contributed by atoms with Gasteiger partial charge in [0.1, 0.15) is 13.1 Å². The fourth-order valence-electron chi connectivity index (χ4n) is 2.60. The molecule has 2 rings (SSSR count). The summed E-state index contributed by atoms with van der Waals surface area (Å²) in [7, 11) is 0. The van der Waals surface area contributed by atoms with Crippen molar-refractivity contribution in [2.75, 3.05) is 49.2 Å². The molecular formula is C16H24ClN5O5. The highest BCUT2D eigenvalue weighted by Gasteiger charge is 2.24. The lowest BCUT2D eigenvalue weighted by Crippen LogP contribution is -2.39. The highest BCUT2D eigenvalue weighted by atomic mass is 35.5. The Balaban J connectivity index is 2.24. The maximum absolute atomic E-state index is 11.9. The number of carbonyl (C=O) groups excluding carboxylic acids is 2. The summed E-state index contributed by atoms with van der Waals surface area (Å²) in [5.41, 5.74) is 0. The van der Waals surface area contributed by atoms with Gasteiger partial charge in [-0.25, -0.2) is 0 Å². The van der Waals surface area contributed by atoms with Crippen molar-refractivity contribution in [2.45, 2.75) is 32.8 Å². The van der Waals surface area contributed by atoms with E-state index in [0.717, 1.165) is 0 Å². The summed E-state index contributed by atoms with van der Waals surface area (Å²) in [4.78, 5) is 39.6. The molecule has 1 aliphatic heterocycles.